The molecular formula is C35H62O2. The van der Waals surface area contributed by atoms with Crippen LogP contribution in [-0.2, 0) is 16.0 Å². The highest BCUT2D eigenvalue weighted by Gasteiger charge is 2.19. The average Bonchev–Trinajstić information content (AvgIpc) is 2.92. The largest absolute Gasteiger partial charge is 0.465 e. The van der Waals surface area contributed by atoms with Gasteiger partial charge in [0.2, 0.25) is 0 Å². The summed E-state index contributed by atoms with van der Waals surface area (Å²) in [4.78, 5) is 12.9. The molecule has 0 aliphatic carbocycles. The van der Waals surface area contributed by atoms with Gasteiger partial charge in [0.1, 0.15) is 0 Å². The molecule has 0 aliphatic rings. The van der Waals surface area contributed by atoms with Crippen molar-refractivity contribution < 1.29 is 9.53 Å². The van der Waals surface area contributed by atoms with Gasteiger partial charge in [0.05, 0.1) is 12.5 Å². The Labute approximate surface area is 231 Å². The standard InChI is InChI=1S/C35H62O2/c1-3-5-7-9-11-13-14-16-18-25-31-34(30-24-17-15-12-10-8-6-4-2)35(36)37-32-26-20-23-29-33-27-21-19-22-28-33/h19,21-22,27-28,34H,3-18,20,23-26,29-32H2,1-2H3. The number of hydrogen-bond donors (Lipinski definition) is 0. The van der Waals surface area contributed by atoms with Crippen LogP contribution in [-0.4, -0.2) is 12.6 Å². The van der Waals surface area contributed by atoms with Crippen LogP contribution in [0.5, 0.6) is 0 Å². The van der Waals surface area contributed by atoms with Crippen molar-refractivity contribution in [2.24, 2.45) is 5.92 Å². The summed E-state index contributed by atoms with van der Waals surface area (Å²) in [6.45, 7) is 5.16. The van der Waals surface area contributed by atoms with Crippen LogP contribution in [0.15, 0.2) is 30.3 Å². The zero-order valence-electron chi connectivity index (χ0n) is 25.0. The number of carbonyl (C=O) groups is 1. The molecule has 0 heterocycles. The van der Waals surface area contributed by atoms with Crippen molar-refractivity contribution in [3.05, 3.63) is 35.9 Å². The number of benzene rings is 1. The molecule has 0 N–H and O–H groups in total. The lowest BCUT2D eigenvalue weighted by molar-refractivity contribution is -0.149. The van der Waals surface area contributed by atoms with E-state index in [9.17, 15) is 4.79 Å². The minimum atomic E-state index is 0.0851. The molecule has 0 amide bonds. The fourth-order valence-corrected chi connectivity index (χ4v) is 5.33. The van der Waals surface area contributed by atoms with Gasteiger partial charge in [-0.1, -0.05) is 160 Å². The van der Waals surface area contributed by atoms with E-state index in [0.29, 0.717) is 6.61 Å². The number of aryl methyl sites for hydroxylation is 1. The van der Waals surface area contributed by atoms with Crippen LogP contribution in [0, 0.1) is 5.92 Å². The molecule has 1 atom stereocenters. The van der Waals surface area contributed by atoms with E-state index in [1.54, 1.807) is 0 Å². The van der Waals surface area contributed by atoms with Crippen LogP contribution in [0.4, 0.5) is 0 Å². The third kappa shape index (κ3) is 21.3. The molecule has 0 radical (unpaired) electrons. The summed E-state index contributed by atoms with van der Waals surface area (Å²) < 4.78 is 5.78. The summed E-state index contributed by atoms with van der Waals surface area (Å²) in [5.74, 6) is 0.209. The van der Waals surface area contributed by atoms with E-state index in [2.05, 4.69) is 44.2 Å². The number of ether oxygens (including phenoxy) is 1. The number of unbranched alkanes of at least 4 members (excludes halogenated alkanes) is 18. The highest BCUT2D eigenvalue weighted by atomic mass is 16.5. The summed E-state index contributed by atoms with van der Waals surface area (Å²) in [5.41, 5.74) is 1.40. The molecule has 1 aromatic rings. The van der Waals surface area contributed by atoms with Gasteiger partial charge in [0.25, 0.3) is 0 Å². The Bertz CT molecular complexity index is 597. The van der Waals surface area contributed by atoms with Crippen LogP contribution in [0.2, 0.25) is 0 Å². The maximum atomic E-state index is 12.9. The molecule has 0 spiro atoms. The van der Waals surface area contributed by atoms with Gasteiger partial charge in [0, 0.05) is 0 Å². The maximum Gasteiger partial charge on any atom is 0.308 e. The van der Waals surface area contributed by atoms with Crippen molar-refractivity contribution in [1.29, 1.82) is 0 Å². The van der Waals surface area contributed by atoms with Crippen molar-refractivity contribution in [2.45, 2.75) is 168 Å². The van der Waals surface area contributed by atoms with Crippen molar-refractivity contribution in [3.63, 3.8) is 0 Å². The average molecular weight is 515 g/mol. The highest BCUT2D eigenvalue weighted by Crippen LogP contribution is 2.21. The van der Waals surface area contributed by atoms with Gasteiger partial charge in [-0.25, -0.2) is 0 Å². The van der Waals surface area contributed by atoms with Gasteiger partial charge < -0.3 is 4.74 Å². The summed E-state index contributed by atoms with van der Waals surface area (Å²) in [7, 11) is 0. The summed E-state index contributed by atoms with van der Waals surface area (Å²) >= 11 is 0. The molecule has 0 saturated heterocycles. The molecule has 0 fully saturated rings. The third-order valence-corrected chi connectivity index (χ3v) is 7.84. The Kier molecular flexibility index (Phi) is 24.0. The van der Waals surface area contributed by atoms with Gasteiger partial charge in [-0.05, 0) is 44.1 Å². The predicted octanol–water partition coefficient (Wildman–Crippen LogP) is 11.4. The van der Waals surface area contributed by atoms with Gasteiger partial charge in [0.15, 0.2) is 0 Å². The van der Waals surface area contributed by atoms with Gasteiger partial charge in [-0.15, -0.1) is 0 Å². The van der Waals surface area contributed by atoms with E-state index >= 15 is 0 Å². The van der Waals surface area contributed by atoms with Crippen LogP contribution < -0.4 is 0 Å². The SMILES string of the molecule is CCCCCCCCCCCCC(CCCCCCCCCC)C(=O)OCCCCCc1ccccc1. The molecule has 1 aromatic carbocycles. The Morgan fingerprint density at radius 1 is 0.568 bits per heavy atom. The molecule has 214 valence electrons. The first-order valence-electron chi connectivity index (χ1n) is 16.5. The second-order valence-corrected chi connectivity index (χ2v) is 11.4. The predicted molar refractivity (Wildman–Crippen MR) is 162 cm³/mol. The fourth-order valence-electron chi connectivity index (χ4n) is 5.33. The zero-order chi connectivity index (χ0) is 26.7. The third-order valence-electron chi connectivity index (χ3n) is 7.84. The molecule has 0 aliphatic heterocycles. The van der Waals surface area contributed by atoms with Gasteiger partial charge in [-0.3, -0.25) is 4.79 Å². The summed E-state index contributed by atoms with van der Waals surface area (Å²) in [6.07, 6.45) is 30.5. The van der Waals surface area contributed by atoms with Crippen LogP contribution in [0.1, 0.15) is 167 Å². The van der Waals surface area contributed by atoms with E-state index in [4.69, 9.17) is 4.74 Å². The van der Waals surface area contributed by atoms with Crippen molar-refractivity contribution >= 4 is 5.97 Å². The number of rotatable bonds is 27. The molecule has 0 saturated carbocycles. The Morgan fingerprint density at radius 3 is 1.49 bits per heavy atom. The number of carbonyl (C=O) groups excluding carboxylic acids is 1. The quantitative estimate of drug-likeness (QED) is 0.0861. The lowest BCUT2D eigenvalue weighted by Gasteiger charge is -2.16. The number of esters is 1. The molecule has 2 nitrogen and oxygen atoms in total. The van der Waals surface area contributed by atoms with E-state index in [0.717, 1.165) is 32.1 Å². The van der Waals surface area contributed by atoms with E-state index in [1.165, 1.54) is 128 Å². The topological polar surface area (TPSA) is 26.3 Å². The lowest BCUT2D eigenvalue weighted by atomic mass is 9.94. The van der Waals surface area contributed by atoms with Gasteiger partial charge in [-0.2, -0.15) is 0 Å². The van der Waals surface area contributed by atoms with Crippen LogP contribution in [0.25, 0.3) is 0 Å². The first kappa shape index (κ1) is 33.7. The van der Waals surface area contributed by atoms with Crippen molar-refractivity contribution in [3.8, 4) is 0 Å². The van der Waals surface area contributed by atoms with E-state index < -0.39 is 0 Å². The molecule has 37 heavy (non-hydrogen) atoms. The smallest absolute Gasteiger partial charge is 0.308 e. The number of hydrogen-bond acceptors (Lipinski definition) is 2. The molecule has 0 bridgehead atoms. The first-order valence-corrected chi connectivity index (χ1v) is 16.5. The second-order valence-electron chi connectivity index (χ2n) is 11.4. The van der Waals surface area contributed by atoms with Crippen LogP contribution in [0.3, 0.4) is 0 Å². The molecule has 2 heteroatoms. The van der Waals surface area contributed by atoms with E-state index in [-0.39, 0.29) is 11.9 Å². The Hall–Kier alpha value is -1.31. The normalized spacial score (nSPS) is 12.1. The first-order chi connectivity index (χ1) is 18.3. The Balaban J connectivity index is 2.21. The van der Waals surface area contributed by atoms with Gasteiger partial charge >= 0.3 is 5.97 Å². The second kappa shape index (κ2) is 26.3. The summed E-state index contributed by atoms with van der Waals surface area (Å²) in [5, 5.41) is 0. The van der Waals surface area contributed by atoms with Crippen molar-refractivity contribution in [2.75, 3.05) is 6.61 Å². The van der Waals surface area contributed by atoms with E-state index in [1.807, 2.05) is 0 Å². The van der Waals surface area contributed by atoms with Crippen molar-refractivity contribution in [1.82, 2.24) is 0 Å². The molecular weight excluding hydrogens is 452 g/mol. The monoisotopic (exact) mass is 514 g/mol. The summed E-state index contributed by atoms with van der Waals surface area (Å²) in [6, 6.07) is 10.7. The molecule has 1 unspecified atom stereocenters. The zero-order valence-corrected chi connectivity index (χ0v) is 25.0. The Morgan fingerprint density at radius 2 is 1.00 bits per heavy atom. The minimum absolute atomic E-state index is 0.0851. The maximum absolute atomic E-state index is 12.9. The minimum Gasteiger partial charge on any atom is -0.465 e. The lowest BCUT2D eigenvalue weighted by Crippen LogP contribution is -2.18. The molecule has 0 aromatic heterocycles. The highest BCUT2D eigenvalue weighted by molar-refractivity contribution is 5.72. The van der Waals surface area contributed by atoms with Crippen LogP contribution >= 0.6 is 0 Å². The fraction of sp³-hybridized carbons (Fsp3) is 0.800. The molecule has 1 rings (SSSR count).